The number of rotatable bonds is 0. The van der Waals surface area contributed by atoms with Gasteiger partial charge in [0.1, 0.15) is 5.65 Å². The van der Waals surface area contributed by atoms with Crippen LogP contribution in [0.25, 0.3) is 27.6 Å². The fraction of sp³-hybridized carbons (Fsp3) is 0. The van der Waals surface area contributed by atoms with Gasteiger partial charge in [0.2, 0.25) is 0 Å². The van der Waals surface area contributed by atoms with E-state index in [1.807, 2.05) is 46.9 Å². The maximum atomic E-state index is 6.01. The van der Waals surface area contributed by atoms with Gasteiger partial charge in [0.05, 0.1) is 16.6 Å². The Hall–Kier alpha value is -1.78. The second kappa shape index (κ2) is 3.85. The Bertz CT molecular complexity index is 946. The number of nitrogens with zero attached hydrogens (tertiary/aromatic N) is 3. The highest BCUT2D eigenvalue weighted by molar-refractivity contribution is 7.80. The first-order valence-electron chi connectivity index (χ1n) is 5.79. The zero-order chi connectivity index (χ0) is 13.0. The molecule has 92 valence electrons. The molecule has 4 rings (SSSR count). The van der Waals surface area contributed by atoms with Gasteiger partial charge in [-0.05, 0) is 30.3 Å². The Morgan fingerprint density at radius 2 is 1.84 bits per heavy atom. The van der Waals surface area contributed by atoms with E-state index in [1.165, 1.54) is 0 Å². The second-order valence-electron chi connectivity index (χ2n) is 4.33. The number of fused-ring (bicyclic) bond motifs is 5. The Labute approximate surface area is 119 Å². The Balaban J connectivity index is 2.33. The molecular weight excluding hydrogens is 278 g/mol. The monoisotopic (exact) mass is 285 g/mol. The van der Waals surface area contributed by atoms with Crippen LogP contribution in [0.5, 0.6) is 0 Å². The summed E-state index contributed by atoms with van der Waals surface area (Å²) in [5.74, 6) is 0. The summed E-state index contributed by atoms with van der Waals surface area (Å²) in [5, 5.41) is 2.24. The molecule has 2 aromatic heterocycles. The average molecular weight is 286 g/mol. The molecule has 0 amide bonds. The molecule has 4 aromatic rings. The van der Waals surface area contributed by atoms with E-state index in [1.54, 1.807) is 0 Å². The summed E-state index contributed by atoms with van der Waals surface area (Å²) < 4.78 is 1.95. The summed E-state index contributed by atoms with van der Waals surface area (Å²) in [6, 6.07) is 13.6. The van der Waals surface area contributed by atoms with E-state index in [0.29, 0.717) is 10.2 Å². The van der Waals surface area contributed by atoms with Crippen LogP contribution in [0.1, 0.15) is 0 Å². The van der Waals surface area contributed by atoms with Gasteiger partial charge in [-0.1, -0.05) is 23.7 Å². The van der Waals surface area contributed by atoms with E-state index in [4.69, 9.17) is 11.6 Å². The molecule has 2 aromatic carbocycles. The van der Waals surface area contributed by atoms with Crippen LogP contribution >= 0.6 is 24.2 Å². The topological polar surface area (TPSA) is 30.2 Å². The molecule has 0 fully saturated rings. The van der Waals surface area contributed by atoms with Gasteiger partial charge < -0.3 is 0 Å². The smallest absolute Gasteiger partial charge is 0.171 e. The van der Waals surface area contributed by atoms with Crippen molar-refractivity contribution in [2.45, 2.75) is 5.16 Å². The van der Waals surface area contributed by atoms with Gasteiger partial charge in [0.25, 0.3) is 0 Å². The molecule has 19 heavy (non-hydrogen) atoms. The van der Waals surface area contributed by atoms with Crippen LogP contribution in [-0.2, 0) is 0 Å². The van der Waals surface area contributed by atoms with Gasteiger partial charge in [-0.15, -0.1) is 12.6 Å². The Morgan fingerprint density at radius 1 is 1.00 bits per heavy atom. The molecule has 0 aliphatic carbocycles. The highest BCUT2D eigenvalue weighted by Crippen LogP contribution is 2.27. The van der Waals surface area contributed by atoms with Crippen LogP contribution < -0.4 is 0 Å². The van der Waals surface area contributed by atoms with Crippen LogP contribution in [0.4, 0.5) is 0 Å². The van der Waals surface area contributed by atoms with Gasteiger partial charge in [0.15, 0.2) is 5.16 Å². The zero-order valence-corrected chi connectivity index (χ0v) is 11.4. The highest BCUT2D eigenvalue weighted by atomic mass is 35.5. The van der Waals surface area contributed by atoms with Gasteiger partial charge in [0, 0.05) is 10.4 Å². The Kier molecular flexibility index (Phi) is 2.25. The summed E-state index contributed by atoms with van der Waals surface area (Å²) in [6.45, 7) is 0. The Morgan fingerprint density at radius 3 is 2.74 bits per heavy atom. The van der Waals surface area contributed by atoms with Gasteiger partial charge in [-0.25, -0.2) is 9.97 Å². The van der Waals surface area contributed by atoms with E-state index in [2.05, 4.69) is 22.6 Å². The maximum absolute atomic E-state index is 6.01. The second-order valence-corrected chi connectivity index (χ2v) is 5.17. The van der Waals surface area contributed by atoms with Crippen molar-refractivity contribution in [1.82, 2.24) is 14.4 Å². The lowest BCUT2D eigenvalue weighted by molar-refractivity contribution is 0.960. The van der Waals surface area contributed by atoms with Gasteiger partial charge in [-0.3, -0.25) is 4.40 Å². The molecule has 0 saturated heterocycles. The maximum Gasteiger partial charge on any atom is 0.171 e. The number of para-hydroxylation sites is 2. The number of thiol groups is 1. The molecule has 0 aliphatic rings. The zero-order valence-electron chi connectivity index (χ0n) is 9.71. The van der Waals surface area contributed by atoms with Gasteiger partial charge >= 0.3 is 0 Å². The standard InChI is InChI=1S/C14H8ClN3S/c15-8-5-6-9-11(7-8)17-14(19)18-12-4-2-1-3-10(12)16-13(9)18/h1-7H,(H,17,19). The third-order valence-corrected chi connectivity index (χ3v) is 3.72. The summed E-state index contributed by atoms with van der Waals surface area (Å²) >= 11 is 10.5. The van der Waals surface area contributed by atoms with Crippen LogP contribution in [0.3, 0.4) is 0 Å². The summed E-state index contributed by atoms with van der Waals surface area (Å²) in [6.07, 6.45) is 0. The molecule has 0 atom stereocenters. The first kappa shape index (κ1) is 11.1. The molecule has 3 nitrogen and oxygen atoms in total. The van der Waals surface area contributed by atoms with E-state index in [9.17, 15) is 0 Å². The van der Waals surface area contributed by atoms with E-state index >= 15 is 0 Å². The van der Waals surface area contributed by atoms with Crippen molar-refractivity contribution in [2.24, 2.45) is 0 Å². The lowest BCUT2D eigenvalue weighted by Crippen LogP contribution is -1.93. The minimum absolute atomic E-state index is 0.610. The molecule has 2 heterocycles. The van der Waals surface area contributed by atoms with Crippen molar-refractivity contribution < 1.29 is 0 Å². The number of benzene rings is 2. The SMILES string of the molecule is Sc1nc2cc(Cl)ccc2c2nc3ccccc3n12. The fourth-order valence-electron chi connectivity index (χ4n) is 2.35. The normalized spacial score (nSPS) is 11.7. The fourth-order valence-corrected chi connectivity index (χ4v) is 2.83. The third-order valence-electron chi connectivity index (χ3n) is 3.18. The third kappa shape index (κ3) is 1.54. The first-order valence-corrected chi connectivity index (χ1v) is 6.62. The lowest BCUT2D eigenvalue weighted by Gasteiger charge is -2.04. The molecule has 0 saturated carbocycles. The number of imidazole rings is 1. The number of aromatic nitrogens is 3. The lowest BCUT2D eigenvalue weighted by atomic mass is 10.2. The molecule has 0 unspecified atom stereocenters. The predicted molar refractivity (Wildman–Crippen MR) is 80.3 cm³/mol. The van der Waals surface area contributed by atoms with E-state index in [0.717, 1.165) is 27.6 Å². The molecular formula is C14H8ClN3S. The molecule has 0 spiro atoms. The van der Waals surface area contributed by atoms with Crippen molar-refractivity contribution in [3.63, 3.8) is 0 Å². The minimum atomic E-state index is 0.610. The molecule has 0 radical (unpaired) electrons. The number of hydrogen-bond acceptors (Lipinski definition) is 3. The van der Waals surface area contributed by atoms with Crippen LogP contribution in [-0.4, -0.2) is 14.4 Å². The highest BCUT2D eigenvalue weighted by Gasteiger charge is 2.11. The number of halogens is 1. The minimum Gasteiger partial charge on any atom is -0.271 e. The molecule has 0 bridgehead atoms. The van der Waals surface area contributed by atoms with Crippen LogP contribution in [0, 0.1) is 0 Å². The predicted octanol–water partition coefficient (Wildman–Crippen LogP) is 3.98. The molecule has 5 heteroatoms. The van der Waals surface area contributed by atoms with Crippen molar-refractivity contribution in [3.8, 4) is 0 Å². The summed E-state index contributed by atoms with van der Waals surface area (Å²) in [5.41, 5.74) is 3.60. The van der Waals surface area contributed by atoms with Crippen molar-refractivity contribution >= 4 is 51.8 Å². The van der Waals surface area contributed by atoms with E-state index < -0.39 is 0 Å². The van der Waals surface area contributed by atoms with Crippen LogP contribution in [0.2, 0.25) is 5.02 Å². The van der Waals surface area contributed by atoms with Crippen molar-refractivity contribution in [1.29, 1.82) is 0 Å². The van der Waals surface area contributed by atoms with Crippen LogP contribution in [0.15, 0.2) is 47.6 Å². The van der Waals surface area contributed by atoms with Crippen molar-refractivity contribution in [3.05, 3.63) is 47.5 Å². The first-order chi connectivity index (χ1) is 9.24. The van der Waals surface area contributed by atoms with E-state index in [-0.39, 0.29) is 0 Å². The molecule has 0 N–H and O–H groups in total. The number of hydrogen-bond donors (Lipinski definition) is 1. The van der Waals surface area contributed by atoms with Gasteiger partial charge in [-0.2, -0.15) is 0 Å². The molecule has 0 aliphatic heterocycles. The van der Waals surface area contributed by atoms with Crippen molar-refractivity contribution in [2.75, 3.05) is 0 Å². The largest absolute Gasteiger partial charge is 0.271 e. The average Bonchev–Trinajstić information content (AvgIpc) is 2.78. The summed E-state index contributed by atoms with van der Waals surface area (Å²) in [7, 11) is 0. The quantitative estimate of drug-likeness (QED) is 0.391. The summed E-state index contributed by atoms with van der Waals surface area (Å²) in [4.78, 5) is 9.15.